The van der Waals surface area contributed by atoms with Crippen LogP contribution in [0.15, 0.2) is 40.9 Å². The summed E-state index contributed by atoms with van der Waals surface area (Å²) in [5.41, 5.74) is -0.328. The van der Waals surface area contributed by atoms with E-state index in [1.165, 1.54) is 7.11 Å². The molecule has 0 radical (unpaired) electrons. The van der Waals surface area contributed by atoms with Gasteiger partial charge in [-0.25, -0.2) is 14.5 Å². The second-order valence-electron chi connectivity index (χ2n) is 9.32. The highest BCUT2D eigenvalue weighted by Crippen LogP contribution is 2.42. The van der Waals surface area contributed by atoms with Crippen molar-refractivity contribution in [3.05, 3.63) is 57.0 Å². The summed E-state index contributed by atoms with van der Waals surface area (Å²) in [7, 11) is 1.31. The van der Waals surface area contributed by atoms with Gasteiger partial charge in [0.15, 0.2) is 0 Å². The minimum absolute atomic E-state index is 0.257. The molecule has 0 unspecified atom stereocenters. The Hall–Kier alpha value is -2.84. The van der Waals surface area contributed by atoms with E-state index in [0.717, 1.165) is 4.90 Å². The smallest absolute Gasteiger partial charge is 0.422 e. The maximum atomic E-state index is 13.5. The second-order valence-corrected chi connectivity index (χ2v) is 10.7. The molecule has 1 aliphatic rings. The number of carbonyl (C=O) groups excluding carboxylic acids is 3. The average molecular weight is 579 g/mol. The van der Waals surface area contributed by atoms with Gasteiger partial charge in [-0.05, 0) is 70.0 Å². The van der Waals surface area contributed by atoms with Crippen LogP contribution in [0.1, 0.15) is 58.6 Å². The van der Waals surface area contributed by atoms with Gasteiger partial charge < -0.3 is 14.2 Å². The molecule has 1 heterocycles. The summed E-state index contributed by atoms with van der Waals surface area (Å²) in [4.78, 5) is 40.1. The molecule has 0 N–H and O–H groups in total. The standard InChI is InChI=1S/C27H29BrClNO6/c1-7-27(8-2,24(32)34-6)35-22-12-10-18(29)13-16(22)14-20-19-11-9-17(28)15-21(19)30(23(20)31)25(33)36-26(3,4)5/h9-15H,7-8H2,1-6H3/b20-14+. The molecule has 36 heavy (non-hydrogen) atoms. The Morgan fingerprint density at radius 2 is 1.75 bits per heavy atom. The Labute approximate surface area is 224 Å². The molecular formula is C27H29BrClNO6. The fourth-order valence-corrected chi connectivity index (χ4v) is 4.42. The fourth-order valence-electron chi connectivity index (χ4n) is 3.89. The van der Waals surface area contributed by atoms with Gasteiger partial charge in [0.25, 0.3) is 5.91 Å². The molecule has 0 fully saturated rings. The number of rotatable bonds is 6. The lowest BCUT2D eigenvalue weighted by Gasteiger charge is -2.30. The molecule has 0 atom stereocenters. The molecule has 7 nitrogen and oxygen atoms in total. The van der Waals surface area contributed by atoms with Crippen molar-refractivity contribution in [1.82, 2.24) is 0 Å². The van der Waals surface area contributed by atoms with Gasteiger partial charge in [0.05, 0.1) is 18.4 Å². The van der Waals surface area contributed by atoms with E-state index in [4.69, 9.17) is 25.8 Å². The Bertz CT molecular complexity index is 1230. The summed E-state index contributed by atoms with van der Waals surface area (Å²) < 4.78 is 17.4. The molecule has 2 aromatic rings. The van der Waals surface area contributed by atoms with E-state index in [-0.39, 0.29) is 5.57 Å². The average Bonchev–Trinajstić information content (AvgIpc) is 3.07. The number of anilines is 1. The van der Waals surface area contributed by atoms with Crippen LogP contribution in [0.4, 0.5) is 10.5 Å². The third-order valence-corrected chi connectivity index (χ3v) is 6.51. The van der Waals surface area contributed by atoms with E-state index < -0.39 is 29.2 Å². The highest BCUT2D eigenvalue weighted by Gasteiger charge is 2.41. The van der Waals surface area contributed by atoms with Gasteiger partial charge in [-0.3, -0.25) is 4.79 Å². The number of fused-ring (bicyclic) bond motifs is 1. The first-order chi connectivity index (χ1) is 16.9. The largest absolute Gasteiger partial charge is 0.475 e. The molecule has 1 aliphatic heterocycles. The van der Waals surface area contributed by atoms with Crippen LogP contribution in [0.2, 0.25) is 5.02 Å². The molecule has 0 aliphatic carbocycles. The predicted octanol–water partition coefficient (Wildman–Crippen LogP) is 7.04. The maximum Gasteiger partial charge on any atom is 0.422 e. The molecule has 0 aromatic heterocycles. The van der Waals surface area contributed by atoms with Gasteiger partial charge in [0, 0.05) is 20.6 Å². The number of methoxy groups -OCH3 is 1. The van der Waals surface area contributed by atoms with Crippen molar-refractivity contribution in [3.8, 4) is 5.75 Å². The Kier molecular flexibility index (Phi) is 8.20. The zero-order valence-corrected chi connectivity index (χ0v) is 23.5. The Balaban J connectivity index is 2.14. The number of carbonyl (C=O) groups is 3. The number of ether oxygens (including phenoxy) is 3. The molecule has 3 rings (SSSR count). The molecule has 2 aromatic carbocycles. The highest BCUT2D eigenvalue weighted by atomic mass is 79.9. The first-order valence-electron chi connectivity index (χ1n) is 11.5. The van der Waals surface area contributed by atoms with Crippen LogP contribution in [-0.2, 0) is 19.1 Å². The van der Waals surface area contributed by atoms with E-state index in [2.05, 4.69) is 15.9 Å². The Morgan fingerprint density at radius 1 is 1.08 bits per heavy atom. The van der Waals surface area contributed by atoms with Crippen LogP contribution in [-0.4, -0.2) is 36.3 Å². The van der Waals surface area contributed by atoms with Crippen LogP contribution < -0.4 is 9.64 Å². The zero-order chi connectivity index (χ0) is 26.8. The van der Waals surface area contributed by atoms with E-state index in [1.54, 1.807) is 63.2 Å². The topological polar surface area (TPSA) is 82.1 Å². The number of esters is 1. The monoisotopic (exact) mass is 577 g/mol. The summed E-state index contributed by atoms with van der Waals surface area (Å²) in [6.45, 7) is 8.86. The van der Waals surface area contributed by atoms with Gasteiger partial charge in [-0.1, -0.05) is 47.4 Å². The van der Waals surface area contributed by atoms with Gasteiger partial charge in [0.1, 0.15) is 11.4 Å². The van der Waals surface area contributed by atoms with Crippen molar-refractivity contribution in [2.45, 2.75) is 58.7 Å². The lowest BCUT2D eigenvalue weighted by atomic mass is 9.96. The summed E-state index contributed by atoms with van der Waals surface area (Å²) in [5.74, 6) is -0.694. The number of halogens is 2. The number of hydrogen-bond acceptors (Lipinski definition) is 6. The van der Waals surface area contributed by atoms with Crippen LogP contribution in [0.25, 0.3) is 11.6 Å². The van der Waals surface area contributed by atoms with Crippen LogP contribution >= 0.6 is 27.5 Å². The maximum absolute atomic E-state index is 13.5. The number of imide groups is 1. The lowest BCUT2D eigenvalue weighted by molar-refractivity contribution is -0.159. The summed E-state index contributed by atoms with van der Waals surface area (Å²) in [6.07, 6.45) is 1.57. The SMILES string of the molecule is CCC(CC)(Oc1ccc(Cl)cc1/C=C1/C(=O)N(C(=O)OC(C)(C)C)c2cc(Br)ccc21)C(=O)OC. The van der Waals surface area contributed by atoms with Crippen molar-refractivity contribution in [2.24, 2.45) is 0 Å². The highest BCUT2D eigenvalue weighted by molar-refractivity contribution is 9.10. The second kappa shape index (κ2) is 10.6. The zero-order valence-electron chi connectivity index (χ0n) is 21.1. The van der Waals surface area contributed by atoms with Crippen molar-refractivity contribution in [1.29, 1.82) is 0 Å². The first-order valence-corrected chi connectivity index (χ1v) is 12.7. The quantitative estimate of drug-likeness (QED) is 0.270. The van der Waals surface area contributed by atoms with Gasteiger partial charge >= 0.3 is 12.1 Å². The fraction of sp³-hybridized carbons (Fsp3) is 0.370. The summed E-state index contributed by atoms with van der Waals surface area (Å²) in [5, 5.41) is 0.413. The van der Waals surface area contributed by atoms with Crippen LogP contribution in [0.5, 0.6) is 5.75 Å². The summed E-state index contributed by atoms with van der Waals surface area (Å²) in [6, 6.07) is 10.1. The van der Waals surface area contributed by atoms with Crippen LogP contribution in [0.3, 0.4) is 0 Å². The number of benzene rings is 2. The lowest BCUT2D eigenvalue weighted by Crippen LogP contribution is -2.44. The predicted molar refractivity (Wildman–Crippen MR) is 143 cm³/mol. The third kappa shape index (κ3) is 5.60. The van der Waals surface area contributed by atoms with Gasteiger partial charge in [-0.2, -0.15) is 0 Å². The number of amides is 2. The van der Waals surface area contributed by atoms with Gasteiger partial charge in [-0.15, -0.1) is 0 Å². The molecule has 0 spiro atoms. The van der Waals surface area contributed by atoms with Crippen LogP contribution in [0, 0.1) is 0 Å². The van der Waals surface area contributed by atoms with E-state index in [0.29, 0.717) is 44.9 Å². The molecular weight excluding hydrogens is 550 g/mol. The molecule has 0 saturated carbocycles. The molecule has 192 valence electrons. The number of hydrogen-bond donors (Lipinski definition) is 0. The first kappa shape index (κ1) is 27.7. The number of nitrogens with zero attached hydrogens (tertiary/aromatic N) is 1. The molecule has 9 heteroatoms. The Morgan fingerprint density at radius 3 is 2.33 bits per heavy atom. The molecule has 0 bridgehead atoms. The van der Waals surface area contributed by atoms with Crippen molar-refractivity contribution in [2.75, 3.05) is 12.0 Å². The minimum atomic E-state index is -1.21. The third-order valence-electron chi connectivity index (χ3n) is 5.78. The minimum Gasteiger partial charge on any atom is -0.475 e. The summed E-state index contributed by atoms with van der Waals surface area (Å²) >= 11 is 9.70. The van der Waals surface area contributed by atoms with Crippen molar-refractivity contribution < 1.29 is 28.6 Å². The van der Waals surface area contributed by atoms with Crippen molar-refractivity contribution >= 4 is 62.8 Å². The van der Waals surface area contributed by atoms with E-state index >= 15 is 0 Å². The normalized spacial score (nSPS) is 14.6. The molecule has 2 amide bonds. The van der Waals surface area contributed by atoms with E-state index in [9.17, 15) is 14.4 Å². The van der Waals surface area contributed by atoms with Crippen molar-refractivity contribution in [3.63, 3.8) is 0 Å². The van der Waals surface area contributed by atoms with Gasteiger partial charge in [0.2, 0.25) is 5.60 Å². The molecule has 0 saturated heterocycles. The van der Waals surface area contributed by atoms with E-state index in [1.807, 2.05) is 13.8 Å².